The van der Waals surface area contributed by atoms with Gasteiger partial charge in [0.15, 0.2) is 6.61 Å². The summed E-state index contributed by atoms with van der Waals surface area (Å²) in [7, 11) is 4.53. The largest absolute Gasteiger partial charge is 0.497 e. The normalized spacial score (nSPS) is 12.9. The summed E-state index contributed by atoms with van der Waals surface area (Å²) in [5.74, 6) is -0.0944. The van der Waals surface area contributed by atoms with E-state index in [4.69, 9.17) is 14.2 Å². The van der Waals surface area contributed by atoms with E-state index in [1.807, 2.05) is 0 Å². The van der Waals surface area contributed by atoms with Crippen LogP contribution in [0.25, 0.3) is 0 Å². The number of hydrogen-bond acceptors (Lipinski definition) is 6. The van der Waals surface area contributed by atoms with Gasteiger partial charge in [-0.1, -0.05) is 6.07 Å². The zero-order valence-electron chi connectivity index (χ0n) is 15.2. The van der Waals surface area contributed by atoms with Crippen molar-refractivity contribution in [1.82, 2.24) is 10.2 Å². The number of nitrogens with one attached hydrogen (secondary N) is 1. The van der Waals surface area contributed by atoms with Crippen LogP contribution in [-0.2, 0) is 25.5 Å². The van der Waals surface area contributed by atoms with Crippen molar-refractivity contribution in [2.45, 2.75) is 25.3 Å². The lowest BCUT2D eigenvalue weighted by Crippen LogP contribution is -2.40. The topological polar surface area (TPSA) is 94.2 Å². The average molecular weight is 364 g/mol. The molecule has 1 fully saturated rings. The lowest BCUT2D eigenvalue weighted by molar-refractivity contribution is -0.151. The molecular formula is C18H24N2O6. The molecule has 0 radical (unpaired) electrons. The molecule has 2 rings (SSSR count). The molecule has 0 unspecified atom stereocenters. The molecule has 0 aromatic heterocycles. The molecule has 1 saturated carbocycles. The minimum absolute atomic E-state index is 0.0354. The minimum Gasteiger partial charge on any atom is -0.497 e. The molecule has 26 heavy (non-hydrogen) atoms. The van der Waals surface area contributed by atoms with Gasteiger partial charge in [-0.3, -0.25) is 14.4 Å². The van der Waals surface area contributed by atoms with Crippen LogP contribution in [0.15, 0.2) is 18.2 Å². The van der Waals surface area contributed by atoms with Crippen molar-refractivity contribution in [1.29, 1.82) is 0 Å². The number of nitrogens with zero attached hydrogens (tertiary/aromatic N) is 1. The molecule has 1 aromatic carbocycles. The molecule has 0 aliphatic heterocycles. The van der Waals surface area contributed by atoms with Gasteiger partial charge in [-0.15, -0.1) is 0 Å². The molecule has 1 aliphatic rings. The van der Waals surface area contributed by atoms with Crippen LogP contribution in [0.3, 0.4) is 0 Å². The molecule has 2 amide bonds. The summed E-state index contributed by atoms with van der Waals surface area (Å²) in [5.41, 5.74) is 0.628. The van der Waals surface area contributed by atoms with Gasteiger partial charge in [-0.25, -0.2) is 0 Å². The number of benzene rings is 1. The van der Waals surface area contributed by atoms with Crippen LogP contribution in [0, 0.1) is 0 Å². The van der Waals surface area contributed by atoms with Crippen molar-refractivity contribution in [2.24, 2.45) is 0 Å². The third kappa shape index (κ3) is 5.94. The summed E-state index contributed by atoms with van der Waals surface area (Å²) in [6.07, 6.45) is 1.93. The number of likely N-dealkylation sites (N-methyl/N-ethyl adjacent to an activating group) is 1. The van der Waals surface area contributed by atoms with Gasteiger partial charge < -0.3 is 24.4 Å². The highest BCUT2D eigenvalue weighted by Crippen LogP contribution is 2.25. The van der Waals surface area contributed by atoms with Gasteiger partial charge in [0, 0.05) is 24.7 Å². The maximum Gasteiger partial charge on any atom is 0.310 e. The Morgan fingerprint density at radius 1 is 1.19 bits per heavy atom. The standard InChI is InChI=1S/C18H24N2O6/c1-20(10-16(21)19-13-5-6-13)17(22)11-26-18(23)8-12-4-7-14(24-2)9-15(12)25-3/h4,7,9,13H,5-6,8,10-11H2,1-3H3,(H,19,21). The number of amides is 2. The molecule has 0 heterocycles. The molecule has 0 saturated heterocycles. The lowest BCUT2D eigenvalue weighted by atomic mass is 10.1. The van der Waals surface area contributed by atoms with Gasteiger partial charge in [-0.2, -0.15) is 0 Å². The monoisotopic (exact) mass is 364 g/mol. The van der Waals surface area contributed by atoms with E-state index in [1.54, 1.807) is 18.2 Å². The predicted molar refractivity (Wildman–Crippen MR) is 93.0 cm³/mol. The Hall–Kier alpha value is -2.77. The van der Waals surface area contributed by atoms with Crippen molar-refractivity contribution < 1.29 is 28.6 Å². The van der Waals surface area contributed by atoms with E-state index in [0.29, 0.717) is 17.1 Å². The van der Waals surface area contributed by atoms with Crippen molar-refractivity contribution >= 4 is 17.8 Å². The second-order valence-electron chi connectivity index (χ2n) is 6.11. The zero-order valence-corrected chi connectivity index (χ0v) is 15.2. The molecule has 1 aromatic rings. The van der Waals surface area contributed by atoms with E-state index >= 15 is 0 Å². The molecule has 8 nitrogen and oxygen atoms in total. The first-order chi connectivity index (χ1) is 12.4. The van der Waals surface area contributed by atoms with Crippen LogP contribution in [0.5, 0.6) is 11.5 Å². The fraction of sp³-hybridized carbons (Fsp3) is 0.500. The first-order valence-corrected chi connectivity index (χ1v) is 8.32. The minimum atomic E-state index is -0.558. The van der Waals surface area contributed by atoms with Gasteiger partial charge in [0.2, 0.25) is 5.91 Å². The molecule has 0 atom stereocenters. The fourth-order valence-electron chi connectivity index (χ4n) is 2.26. The number of rotatable bonds is 9. The van der Waals surface area contributed by atoms with E-state index in [2.05, 4.69) is 5.32 Å². The average Bonchev–Trinajstić information content (AvgIpc) is 3.43. The highest BCUT2D eigenvalue weighted by Gasteiger charge is 2.24. The Morgan fingerprint density at radius 2 is 1.92 bits per heavy atom. The maximum absolute atomic E-state index is 12.0. The Bertz CT molecular complexity index is 672. The quantitative estimate of drug-likeness (QED) is 0.642. The van der Waals surface area contributed by atoms with Gasteiger partial charge in [0.1, 0.15) is 11.5 Å². The van der Waals surface area contributed by atoms with Gasteiger partial charge in [-0.05, 0) is 18.9 Å². The summed E-state index contributed by atoms with van der Waals surface area (Å²) >= 11 is 0. The molecule has 0 spiro atoms. The fourth-order valence-corrected chi connectivity index (χ4v) is 2.26. The first kappa shape index (κ1) is 19.6. The van der Waals surface area contributed by atoms with Crippen LogP contribution in [0.1, 0.15) is 18.4 Å². The summed E-state index contributed by atoms with van der Waals surface area (Å²) in [5, 5.41) is 2.79. The molecular weight excluding hydrogens is 340 g/mol. The van der Waals surface area contributed by atoms with Crippen molar-refractivity contribution in [3.8, 4) is 11.5 Å². The highest BCUT2D eigenvalue weighted by molar-refractivity contribution is 5.86. The second-order valence-corrected chi connectivity index (χ2v) is 6.11. The Balaban J connectivity index is 1.78. The van der Waals surface area contributed by atoms with Crippen molar-refractivity contribution in [3.63, 3.8) is 0 Å². The van der Waals surface area contributed by atoms with Crippen LogP contribution in [0.2, 0.25) is 0 Å². The number of methoxy groups -OCH3 is 2. The van der Waals surface area contributed by atoms with E-state index in [0.717, 1.165) is 12.8 Å². The molecule has 8 heteroatoms. The van der Waals surface area contributed by atoms with E-state index in [-0.39, 0.29) is 24.9 Å². The van der Waals surface area contributed by atoms with Crippen LogP contribution >= 0.6 is 0 Å². The van der Waals surface area contributed by atoms with E-state index in [1.165, 1.54) is 26.2 Å². The Morgan fingerprint density at radius 3 is 2.54 bits per heavy atom. The van der Waals surface area contributed by atoms with Crippen LogP contribution < -0.4 is 14.8 Å². The van der Waals surface area contributed by atoms with Gasteiger partial charge in [0.05, 0.1) is 27.2 Å². The van der Waals surface area contributed by atoms with Gasteiger partial charge in [0.25, 0.3) is 5.91 Å². The number of esters is 1. The number of carbonyl (C=O) groups is 3. The third-order valence-corrected chi connectivity index (χ3v) is 3.93. The van der Waals surface area contributed by atoms with Crippen molar-refractivity contribution in [3.05, 3.63) is 23.8 Å². The third-order valence-electron chi connectivity index (χ3n) is 3.93. The highest BCUT2D eigenvalue weighted by atomic mass is 16.5. The Kier molecular flexibility index (Phi) is 6.82. The smallest absolute Gasteiger partial charge is 0.310 e. The van der Waals surface area contributed by atoms with Crippen LogP contribution in [-0.4, -0.2) is 63.1 Å². The predicted octanol–water partition coefficient (Wildman–Crippen LogP) is 0.527. The van der Waals surface area contributed by atoms with Gasteiger partial charge >= 0.3 is 5.97 Å². The Labute approximate surface area is 152 Å². The molecule has 142 valence electrons. The molecule has 1 N–H and O–H groups in total. The number of carbonyl (C=O) groups excluding carboxylic acids is 3. The van der Waals surface area contributed by atoms with Crippen LogP contribution in [0.4, 0.5) is 0 Å². The summed E-state index contributed by atoms with van der Waals surface area (Å²) < 4.78 is 15.3. The lowest BCUT2D eigenvalue weighted by Gasteiger charge is -2.17. The van der Waals surface area contributed by atoms with Crippen molar-refractivity contribution in [2.75, 3.05) is 34.4 Å². The van der Waals surface area contributed by atoms with E-state index < -0.39 is 18.5 Å². The second kappa shape index (κ2) is 9.07. The SMILES string of the molecule is COc1ccc(CC(=O)OCC(=O)N(C)CC(=O)NC2CC2)c(OC)c1. The maximum atomic E-state index is 12.0. The summed E-state index contributed by atoms with van der Waals surface area (Å²) in [6, 6.07) is 5.32. The molecule has 0 bridgehead atoms. The zero-order chi connectivity index (χ0) is 19.1. The first-order valence-electron chi connectivity index (χ1n) is 8.32. The summed E-state index contributed by atoms with van der Waals surface area (Å²) in [6.45, 7) is -0.469. The number of ether oxygens (including phenoxy) is 3. The van der Waals surface area contributed by atoms with E-state index in [9.17, 15) is 14.4 Å². The number of hydrogen-bond donors (Lipinski definition) is 1. The molecule has 1 aliphatic carbocycles. The summed E-state index contributed by atoms with van der Waals surface area (Å²) in [4.78, 5) is 36.9.